The molecule has 2 unspecified atom stereocenters. The van der Waals surface area contributed by atoms with E-state index in [1.807, 2.05) is 0 Å². The molecule has 4 bridgehead atoms. The molecule has 4 saturated carbocycles. The number of nitrogens with zero attached hydrogens (tertiary/aromatic N) is 1. The van der Waals surface area contributed by atoms with Crippen LogP contribution in [0.2, 0.25) is 0 Å². The van der Waals surface area contributed by atoms with E-state index in [4.69, 9.17) is 5.73 Å². The number of halogens is 1. The maximum atomic E-state index is 12.9. The summed E-state index contributed by atoms with van der Waals surface area (Å²) in [4.78, 5) is 15.1. The van der Waals surface area contributed by atoms with Gasteiger partial charge in [-0.25, -0.2) is 0 Å². The summed E-state index contributed by atoms with van der Waals surface area (Å²) in [7, 11) is 0. The Kier molecular flexibility index (Phi) is 5.00. The second-order valence-corrected chi connectivity index (χ2v) is 9.20. The average molecular weight is 341 g/mol. The first-order valence-corrected chi connectivity index (χ1v) is 9.56. The Bertz CT molecular complexity index is 415. The van der Waals surface area contributed by atoms with Crippen LogP contribution in [0.4, 0.5) is 0 Å². The van der Waals surface area contributed by atoms with E-state index in [0.717, 1.165) is 43.7 Å². The summed E-state index contributed by atoms with van der Waals surface area (Å²) in [6.45, 7) is 3.97. The molecule has 5 rings (SSSR count). The second-order valence-electron chi connectivity index (χ2n) is 9.20. The Morgan fingerprint density at radius 1 is 1.17 bits per heavy atom. The number of hydrogen-bond donors (Lipinski definition) is 1. The van der Waals surface area contributed by atoms with Crippen molar-refractivity contribution in [1.82, 2.24) is 4.90 Å². The highest BCUT2D eigenvalue weighted by Gasteiger charge is 2.51. The minimum absolute atomic E-state index is 0. The minimum Gasteiger partial charge on any atom is -0.342 e. The molecule has 23 heavy (non-hydrogen) atoms. The molecule has 0 spiro atoms. The number of piperidine rings is 1. The van der Waals surface area contributed by atoms with Crippen molar-refractivity contribution < 1.29 is 4.79 Å². The van der Waals surface area contributed by atoms with Crippen molar-refractivity contribution >= 4 is 18.3 Å². The quantitative estimate of drug-likeness (QED) is 0.853. The number of amides is 1. The van der Waals surface area contributed by atoms with Gasteiger partial charge < -0.3 is 10.6 Å². The van der Waals surface area contributed by atoms with Crippen molar-refractivity contribution in [3.63, 3.8) is 0 Å². The molecule has 2 atom stereocenters. The van der Waals surface area contributed by atoms with Crippen LogP contribution in [0, 0.1) is 29.1 Å². The molecule has 0 aromatic heterocycles. The monoisotopic (exact) mass is 340 g/mol. The van der Waals surface area contributed by atoms with Gasteiger partial charge in [-0.15, -0.1) is 12.4 Å². The molecule has 5 aliphatic rings. The van der Waals surface area contributed by atoms with E-state index in [0.29, 0.717) is 17.2 Å². The van der Waals surface area contributed by atoms with Gasteiger partial charge in [-0.1, -0.05) is 0 Å². The molecule has 1 saturated heterocycles. The molecule has 0 aromatic rings. The SMILES string of the molecule is CC(N)C1CCCN(C(=O)CC23CC4CC(CC(C4)C2)C3)C1.Cl. The second kappa shape index (κ2) is 6.55. The van der Waals surface area contributed by atoms with E-state index in [1.165, 1.54) is 44.9 Å². The van der Waals surface area contributed by atoms with E-state index < -0.39 is 0 Å². The van der Waals surface area contributed by atoms with Crippen molar-refractivity contribution in [1.29, 1.82) is 0 Å². The summed E-state index contributed by atoms with van der Waals surface area (Å²) in [5.74, 6) is 3.77. The molecule has 1 amide bonds. The van der Waals surface area contributed by atoms with Crippen LogP contribution in [0.3, 0.4) is 0 Å². The smallest absolute Gasteiger partial charge is 0.223 e. The Hall–Kier alpha value is -0.280. The van der Waals surface area contributed by atoms with E-state index >= 15 is 0 Å². The van der Waals surface area contributed by atoms with Crippen LogP contribution in [0.25, 0.3) is 0 Å². The Labute approximate surface area is 147 Å². The molecule has 1 heterocycles. The molecule has 0 aromatic carbocycles. The summed E-state index contributed by atoms with van der Waals surface area (Å²) in [6, 6.07) is 0.218. The lowest BCUT2D eigenvalue weighted by atomic mass is 9.49. The van der Waals surface area contributed by atoms with Crippen LogP contribution >= 0.6 is 12.4 Å². The standard InChI is InChI=1S/C19H32N2O.ClH/c1-13(20)17-3-2-4-21(12-17)18(22)11-19-8-14-5-15(9-19)7-16(6-14)10-19;/h13-17H,2-12,20H2,1H3;1H. The summed E-state index contributed by atoms with van der Waals surface area (Å²) < 4.78 is 0. The average Bonchev–Trinajstić information content (AvgIpc) is 2.45. The van der Waals surface area contributed by atoms with Crippen molar-refractivity contribution in [2.24, 2.45) is 34.8 Å². The molecule has 0 radical (unpaired) electrons. The van der Waals surface area contributed by atoms with Gasteiger partial charge in [0.1, 0.15) is 0 Å². The largest absolute Gasteiger partial charge is 0.342 e. The maximum Gasteiger partial charge on any atom is 0.223 e. The van der Waals surface area contributed by atoms with Crippen molar-refractivity contribution in [2.75, 3.05) is 13.1 Å². The number of nitrogens with two attached hydrogens (primary N) is 1. The number of likely N-dealkylation sites (tertiary alicyclic amines) is 1. The zero-order valence-electron chi connectivity index (χ0n) is 14.5. The lowest BCUT2D eigenvalue weighted by molar-refractivity contribution is -0.141. The topological polar surface area (TPSA) is 46.3 Å². The highest BCUT2D eigenvalue weighted by atomic mass is 35.5. The lowest BCUT2D eigenvalue weighted by Crippen LogP contribution is -2.50. The summed E-state index contributed by atoms with van der Waals surface area (Å²) in [5.41, 5.74) is 6.46. The molecular weight excluding hydrogens is 308 g/mol. The number of rotatable bonds is 3. The van der Waals surface area contributed by atoms with Gasteiger partial charge in [-0.2, -0.15) is 0 Å². The minimum atomic E-state index is 0. The zero-order chi connectivity index (χ0) is 15.3. The normalized spacial score (nSPS) is 43.1. The highest BCUT2D eigenvalue weighted by Crippen LogP contribution is 2.61. The van der Waals surface area contributed by atoms with Crippen LogP contribution in [0.15, 0.2) is 0 Å². The molecule has 5 fully saturated rings. The van der Waals surface area contributed by atoms with E-state index in [9.17, 15) is 4.79 Å². The molecule has 4 aliphatic carbocycles. The van der Waals surface area contributed by atoms with Crippen LogP contribution in [0.1, 0.15) is 64.7 Å². The van der Waals surface area contributed by atoms with Gasteiger partial charge in [0.25, 0.3) is 0 Å². The fourth-order valence-electron chi connectivity index (χ4n) is 6.60. The van der Waals surface area contributed by atoms with Crippen LogP contribution in [-0.4, -0.2) is 29.9 Å². The van der Waals surface area contributed by atoms with Gasteiger partial charge in [0.2, 0.25) is 5.91 Å². The van der Waals surface area contributed by atoms with Crippen molar-refractivity contribution in [2.45, 2.75) is 70.8 Å². The summed E-state index contributed by atoms with van der Waals surface area (Å²) >= 11 is 0. The molecule has 2 N–H and O–H groups in total. The first-order chi connectivity index (χ1) is 10.5. The van der Waals surface area contributed by atoms with E-state index in [1.54, 1.807) is 0 Å². The lowest BCUT2D eigenvalue weighted by Gasteiger charge is -2.57. The Morgan fingerprint density at radius 3 is 2.26 bits per heavy atom. The fraction of sp³-hybridized carbons (Fsp3) is 0.947. The summed E-state index contributed by atoms with van der Waals surface area (Å²) in [6.07, 6.45) is 11.6. The van der Waals surface area contributed by atoms with Crippen LogP contribution < -0.4 is 5.73 Å². The molecule has 3 nitrogen and oxygen atoms in total. The molecule has 132 valence electrons. The Morgan fingerprint density at radius 2 is 1.74 bits per heavy atom. The van der Waals surface area contributed by atoms with Gasteiger partial charge in [0.15, 0.2) is 0 Å². The number of carbonyl (C=O) groups is 1. The molecule has 4 heteroatoms. The third-order valence-electron chi connectivity index (χ3n) is 7.25. The molecular formula is C19H33ClN2O. The number of hydrogen-bond acceptors (Lipinski definition) is 2. The molecule has 1 aliphatic heterocycles. The number of carbonyl (C=O) groups excluding carboxylic acids is 1. The zero-order valence-corrected chi connectivity index (χ0v) is 15.3. The fourth-order valence-corrected chi connectivity index (χ4v) is 6.60. The third-order valence-corrected chi connectivity index (χ3v) is 7.25. The first kappa shape index (κ1) is 17.5. The van der Waals surface area contributed by atoms with Gasteiger partial charge in [0.05, 0.1) is 0 Å². The van der Waals surface area contributed by atoms with Crippen molar-refractivity contribution in [3.05, 3.63) is 0 Å². The van der Waals surface area contributed by atoms with E-state index in [-0.39, 0.29) is 18.4 Å². The predicted octanol–water partition coefficient (Wildman–Crippen LogP) is 3.60. The third kappa shape index (κ3) is 3.42. The van der Waals surface area contributed by atoms with Gasteiger partial charge in [-0.05, 0) is 87.4 Å². The van der Waals surface area contributed by atoms with E-state index in [2.05, 4.69) is 11.8 Å². The first-order valence-electron chi connectivity index (χ1n) is 9.56. The van der Waals surface area contributed by atoms with Gasteiger partial charge in [-0.3, -0.25) is 4.79 Å². The maximum absolute atomic E-state index is 12.9. The Balaban J connectivity index is 0.00000156. The van der Waals surface area contributed by atoms with Gasteiger partial charge >= 0.3 is 0 Å². The van der Waals surface area contributed by atoms with Gasteiger partial charge in [0, 0.05) is 25.6 Å². The highest BCUT2D eigenvalue weighted by molar-refractivity contribution is 5.85. The van der Waals surface area contributed by atoms with Crippen LogP contribution in [0.5, 0.6) is 0 Å². The summed E-state index contributed by atoms with van der Waals surface area (Å²) in [5, 5.41) is 0. The predicted molar refractivity (Wildman–Crippen MR) is 95.4 cm³/mol. The van der Waals surface area contributed by atoms with Crippen LogP contribution in [-0.2, 0) is 4.79 Å². The van der Waals surface area contributed by atoms with Crippen molar-refractivity contribution in [3.8, 4) is 0 Å².